The monoisotopic (exact) mass is 248 g/mol. The highest BCUT2D eigenvalue weighted by atomic mass is 16.4. The lowest BCUT2D eigenvalue weighted by Gasteiger charge is -2.20. The van der Waals surface area contributed by atoms with Gasteiger partial charge in [-0.3, -0.25) is 4.90 Å². The molecule has 18 heavy (non-hydrogen) atoms. The SMILES string of the molecule is CC(C)NC(=O)N1CCc2ccc(C(=O)O)cc21. The molecule has 1 aliphatic heterocycles. The van der Waals surface area contributed by atoms with Gasteiger partial charge in [-0.25, -0.2) is 9.59 Å². The number of urea groups is 1. The highest BCUT2D eigenvalue weighted by Crippen LogP contribution is 2.29. The van der Waals surface area contributed by atoms with Crippen molar-refractivity contribution in [1.29, 1.82) is 0 Å². The first-order chi connectivity index (χ1) is 8.49. The second kappa shape index (κ2) is 4.68. The van der Waals surface area contributed by atoms with Crippen molar-refractivity contribution in [3.05, 3.63) is 29.3 Å². The van der Waals surface area contributed by atoms with Crippen molar-refractivity contribution in [3.8, 4) is 0 Å². The molecule has 0 saturated heterocycles. The number of benzene rings is 1. The first-order valence-electron chi connectivity index (χ1n) is 5.93. The number of rotatable bonds is 2. The number of anilines is 1. The molecule has 0 unspecified atom stereocenters. The van der Waals surface area contributed by atoms with Crippen molar-refractivity contribution < 1.29 is 14.7 Å². The molecule has 0 saturated carbocycles. The van der Waals surface area contributed by atoms with Crippen LogP contribution in [0, 0.1) is 0 Å². The van der Waals surface area contributed by atoms with Crippen LogP contribution in [0.1, 0.15) is 29.8 Å². The zero-order chi connectivity index (χ0) is 13.3. The Hall–Kier alpha value is -2.04. The van der Waals surface area contributed by atoms with Gasteiger partial charge in [0.2, 0.25) is 0 Å². The van der Waals surface area contributed by atoms with Gasteiger partial charge < -0.3 is 10.4 Å². The maximum atomic E-state index is 12.0. The number of carboxylic acids is 1. The highest BCUT2D eigenvalue weighted by molar-refractivity contribution is 5.97. The Morgan fingerprint density at radius 3 is 2.72 bits per heavy atom. The number of carbonyl (C=O) groups is 2. The quantitative estimate of drug-likeness (QED) is 0.839. The molecule has 0 aromatic heterocycles. The lowest BCUT2D eigenvalue weighted by Crippen LogP contribution is -2.42. The number of aromatic carboxylic acids is 1. The summed E-state index contributed by atoms with van der Waals surface area (Å²) in [5, 5.41) is 11.8. The third-order valence-corrected chi connectivity index (χ3v) is 2.89. The van der Waals surface area contributed by atoms with E-state index in [1.165, 1.54) is 0 Å². The van der Waals surface area contributed by atoms with E-state index in [2.05, 4.69) is 5.32 Å². The van der Waals surface area contributed by atoms with Crippen LogP contribution in [0.2, 0.25) is 0 Å². The van der Waals surface area contributed by atoms with Crippen molar-refractivity contribution in [2.45, 2.75) is 26.3 Å². The van der Waals surface area contributed by atoms with E-state index in [4.69, 9.17) is 5.11 Å². The van der Waals surface area contributed by atoms with E-state index in [0.29, 0.717) is 12.2 Å². The van der Waals surface area contributed by atoms with Gasteiger partial charge in [-0.15, -0.1) is 0 Å². The summed E-state index contributed by atoms with van der Waals surface area (Å²) in [5.41, 5.74) is 1.92. The third kappa shape index (κ3) is 2.30. The van der Waals surface area contributed by atoms with Gasteiger partial charge in [0.25, 0.3) is 0 Å². The summed E-state index contributed by atoms with van der Waals surface area (Å²) < 4.78 is 0. The Kier molecular flexibility index (Phi) is 3.23. The fourth-order valence-electron chi connectivity index (χ4n) is 2.05. The molecule has 1 heterocycles. The fourth-order valence-corrected chi connectivity index (χ4v) is 2.05. The van der Waals surface area contributed by atoms with Crippen LogP contribution < -0.4 is 10.2 Å². The van der Waals surface area contributed by atoms with Crippen molar-refractivity contribution in [3.63, 3.8) is 0 Å². The molecule has 0 atom stereocenters. The molecule has 96 valence electrons. The van der Waals surface area contributed by atoms with Crippen LogP contribution in [-0.2, 0) is 6.42 Å². The van der Waals surface area contributed by atoms with Crippen molar-refractivity contribution >= 4 is 17.7 Å². The summed E-state index contributed by atoms with van der Waals surface area (Å²) in [5.74, 6) is -0.978. The molecular formula is C13H16N2O3. The first-order valence-corrected chi connectivity index (χ1v) is 5.93. The minimum atomic E-state index is -0.978. The summed E-state index contributed by atoms with van der Waals surface area (Å²) in [6, 6.07) is 4.80. The van der Waals surface area contributed by atoms with Crippen LogP contribution in [0.25, 0.3) is 0 Å². The van der Waals surface area contributed by atoms with E-state index in [-0.39, 0.29) is 17.6 Å². The number of fused-ring (bicyclic) bond motifs is 1. The average molecular weight is 248 g/mol. The predicted molar refractivity (Wildman–Crippen MR) is 68.1 cm³/mol. The van der Waals surface area contributed by atoms with Gasteiger partial charge in [0.1, 0.15) is 0 Å². The number of hydrogen-bond acceptors (Lipinski definition) is 2. The number of nitrogens with one attached hydrogen (secondary N) is 1. The zero-order valence-electron chi connectivity index (χ0n) is 10.4. The first kappa shape index (κ1) is 12.4. The Balaban J connectivity index is 2.28. The maximum Gasteiger partial charge on any atom is 0.335 e. The van der Waals surface area contributed by atoms with E-state index in [0.717, 1.165) is 12.0 Å². The van der Waals surface area contributed by atoms with E-state index in [1.54, 1.807) is 23.1 Å². The third-order valence-electron chi connectivity index (χ3n) is 2.89. The van der Waals surface area contributed by atoms with Crippen LogP contribution in [0.4, 0.5) is 10.5 Å². The van der Waals surface area contributed by atoms with Gasteiger partial charge in [0, 0.05) is 18.3 Å². The van der Waals surface area contributed by atoms with Crippen molar-refractivity contribution in [2.24, 2.45) is 0 Å². The average Bonchev–Trinajstić information content (AvgIpc) is 2.70. The highest BCUT2D eigenvalue weighted by Gasteiger charge is 2.25. The molecule has 1 aliphatic rings. The number of carboxylic acid groups (broad SMARTS) is 1. The Morgan fingerprint density at radius 2 is 2.11 bits per heavy atom. The number of amides is 2. The van der Waals surface area contributed by atoms with E-state index < -0.39 is 5.97 Å². The molecular weight excluding hydrogens is 232 g/mol. The summed E-state index contributed by atoms with van der Waals surface area (Å²) in [6.07, 6.45) is 0.765. The number of carbonyl (C=O) groups excluding carboxylic acids is 1. The molecule has 2 N–H and O–H groups in total. The molecule has 1 aromatic carbocycles. The summed E-state index contributed by atoms with van der Waals surface area (Å²) in [7, 11) is 0. The van der Waals surface area contributed by atoms with Crippen molar-refractivity contribution in [2.75, 3.05) is 11.4 Å². The molecule has 5 nitrogen and oxygen atoms in total. The second-order valence-electron chi connectivity index (χ2n) is 4.65. The minimum absolute atomic E-state index is 0.0595. The number of nitrogens with zero attached hydrogens (tertiary/aromatic N) is 1. The van der Waals surface area contributed by atoms with E-state index in [1.807, 2.05) is 13.8 Å². The van der Waals surface area contributed by atoms with Gasteiger partial charge >= 0.3 is 12.0 Å². The summed E-state index contributed by atoms with van der Waals surface area (Å²) in [4.78, 5) is 24.5. The van der Waals surface area contributed by atoms with E-state index in [9.17, 15) is 9.59 Å². The smallest absolute Gasteiger partial charge is 0.335 e. The molecule has 2 rings (SSSR count). The second-order valence-corrected chi connectivity index (χ2v) is 4.65. The van der Waals surface area contributed by atoms with Gasteiger partial charge in [-0.1, -0.05) is 6.07 Å². The maximum absolute atomic E-state index is 12.0. The van der Waals surface area contributed by atoms with Crippen LogP contribution in [0.5, 0.6) is 0 Å². The molecule has 0 bridgehead atoms. The molecule has 0 radical (unpaired) electrons. The van der Waals surface area contributed by atoms with Gasteiger partial charge in [-0.05, 0) is 38.0 Å². The Morgan fingerprint density at radius 1 is 1.39 bits per heavy atom. The van der Waals surface area contributed by atoms with Gasteiger partial charge in [0.05, 0.1) is 5.56 Å². The van der Waals surface area contributed by atoms with Crippen LogP contribution >= 0.6 is 0 Å². The molecule has 0 fully saturated rings. The Labute approximate surface area is 105 Å². The van der Waals surface area contributed by atoms with Gasteiger partial charge in [-0.2, -0.15) is 0 Å². The van der Waals surface area contributed by atoms with Crippen LogP contribution in [0.15, 0.2) is 18.2 Å². The Bertz CT molecular complexity index is 497. The number of hydrogen-bond donors (Lipinski definition) is 2. The normalized spacial score (nSPS) is 13.6. The lowest BCUT2D eigenvalue weighted by atomic mass is 10.1. The summed E-state index contributed by atoms with van der Waals surface area (Å²) >= 11 is 0. The molecule has 2 amide bonds. The lowest BCUT2D eigenvalue weighted by molar-refractivity contribution is 0.0697. The van der Waals surface area contributed by atoms with Gasteiger partial charge in [0.15, 0.2) is 0 Å². The zero-order valence-corrected chi connectivity index (χ0v) is 10.4. The summed E-state index contributed by atoms with van der Waals surface area (Å²) in [6.45, 7) is 4.38. The molecule has 0 spiro atoms. The minimum Gasteiger partial charge on any atom is -0.478 e. The standard InChI is InChI=1S/C13H16N2O3/c1-8(2)14-13(18)15-6-5-9-3-4-10(12(16)17)7-11(9)15/h3-4,7-8H,5-6H2,1-2H3,(H,14,18)(H,16,17). The van der Waals surface area contributed by atoms with Crippen LogP contribution in [0.3, 0.4) is 0 Å². The molecule has 5 heteroatoms. The van der Waals surface area contributed by atoms with Crippen LogP contribution in [-0.4, -0.2) is 29.7 Å². The fraction of sp³-hybridized carbons (Fsp3) is 0.385. The van der Waals surface area contributed by atoms with Crippen molar-refractivity contribution in [1.82, 2.24) is 5.32 Å². The predicted octanol–water partition coefficient (Wildman–Crippen LogP) is 1.87. The largest absolute Gasteiger partial charge is 0.478 e. The molecule has 1 aromatic rings. The van der Waals surface area contributed by atoms with E-state index >= 15 is 0 Å². The molecule has 0 aliphatic carbocycles. The topological polar surface area (TPSA) is 69.6 Å².